The number of ether oxygens (including phenoxy) is 5. The molecule has 35 heavy (non-hydrogen) atoms. The highest BCUT2D eigenvalue weighted by molar-refractivity contribution is 5.75. The number of rotatable bonds is 24. The predicted molar refractivity (Wildman–Crippen MR) is 134 cm³/mol. The van der Waals surface area contributed by atoms with Crippen LogP contribution in [0.25, 0.3) is 0 Å². The molecule has 0 aromatic rings. The van der Waals surface area contributed by atoms with Gasteiger partial charge in [0.15, 0.2) is 0 Å². The van der Waals surface area contributed by atoms with Gasteiger partial charge in [-0.25, -0.2) is 4.39 Å². The Morgan fingerprint density at radius 2 is 1.26 bits per heavy atom. The van der Waals surface area contributed by atoms with E-state index in [2.05, 4.69) is 27.4 Å². The molecular formula is C24H49FN4O6. The van der Waals surface area contributed by atoms with Crippen LogP contribution in [-0.4, -0.2) is 147 Å². The monoisotopic (exact) mass is 508 g/mol. The summed E-state index contributed by atoms with van der Waals surface area (Å²) in [6.45, 7) is 16.7. The van der Waals surface area contributed by atoms with E-state index in [1.165, 1.54) is 0 Å². The van der Waals surface area contributed by atoms with Crippen molar-refractivity contribution in [1.29, 1.82) is 0 Å². The summed E-state index contributed by atoms with van der Waals surface area (Å²) in [4.78, 5) is 15.8. The van der Waals surface area contributed by atoms with Crippen molar-refractivity contribution in [3.05, 3.63) is 0 Å². The minimum absolute atomic E-state index is 0.0154. The van der Waals surface area contributed by atoms with Gasteiger partial charge in [-0.15, -0.1) is 0 Å². The number of halogens is 1. The van der Waals surface area contributed by atoms with Crippen LogP contribution in [0.15, 0.2) is 0 Å². The van der Waals surface area contributed by atoms with Crippen LogP contribution >= 0.6 is 0 Å². The molecule has 10 nitrogen and oxygen atoms in total. The van der Waals surface area contributed by atoms with E-state index in [4.69, 9.17) is 23.7 Å². The summed E-state index contributed by atoms with van der Waals surface area (Å²) in [5, 5.41) is 5.74. The van der Waals surface area contributed by atoms with E-state index >= 15 is 0 Å². The topological polar surface area (TPSA) is 93.8 Å². The molecule has 2 N–H and O–H groups in total. The van der Waals surface area contributed by atoms with Gasteiger partial charge in [0.05, 0.1) is 72.6 Å². The van der Waals surface area contributed by atoms with Crippen molar-refractivity contribution in [3.63, 3.8) is 0 Å². The van der Waals surface area contributed by atoms with Gasteiger partial charge in [0.2, 0.25) is 5.91 Å². The number of piperazine rings is 1. The van der Waals surface area contributed by atoms with Crippen LogP contribution < -0.4 is 10.6 Å². The van der Waals surface area contributed by atoms with E-state index in [0.29, 0.717) is 65.9 Å². The molecule has 0 saturated carbocycles. The first-order chi connectivity index (χ1) is 17.2. The van der Waals surface area contributed by atoms with E-state index in [1.54, 1.807) is 6.92 Å². The first-order valence-corrected chi connectivity index (χ1v) is 13.1. The third-order valence-electron chi connectivity index (χ3n) is 5.50. The number of alkyl halides is 1. The molecule has 1 saturated heterocycles. The number of nitrogens with one attached hydrogen (secondary N) is 2. The summed E-state index contributed by atoms with van der Waals surface area (Å²) in [5.41, 5.74) is 0. The van der Waals surface area contributed by atoms with Crippen molar-refractivity contribution < 1.29 is 32.9 Å². The minimum atomic E-state index is -1.16. The molecule has 0 spiro atoms. The Morgan fingerprint density at radius 1 is 0.771 bits per heavy atom. The SMILES string of the molecule is CCNCCOCCOCCOCCOCCN1CCN(CCOCC(F)CNC(=O)CC)CC1. The fraction of sp³-hybridized carbons (Fsp3) is 0.958. The molecule has 0 aromatic carbocycles. The van der Waals surface area contributed by atoms with Gasteiger partial charge in [-0.1, -0.05) is 13.8 Å². The second-order valence-electron chi connectivity index (χ2n) is 8.32. The standard InChI is InChI=1S/C24H49FN4O6/c1-3-24(30)27-21-23(25)22-35-14-11-29-8-6-28(7-9-29)10-13-32-16-18-34-20-19-33-17-15-31-12-5-26-4-2/h23,26H,3-22H2,1-2H3,(H,27,30). The molecule has 0 radical (unpaired) electrons. The highest BCUT2D eigenvalue weighted by atomic mass is 19.1. The zero-order valence-corrected chi connectivity index (χ0v) is 21.9. The lowest BCUT2D eigenvalue weighted by Gasteiger charge is -2.34. The highest BCUT2D eigenvalue weighted by Crippen LogP contribution is 2.02. The summed E-state index contributed by atoms with van der Waals surface area (Å²) >= 11 is 0. The van der Waals surface area contributed by atoms with Crippen LogP contribution in [0, 0.1) is 0 Å². The third-order valence-corrected chi connectivity index (χ3v) is 5.50. The lowest BCUT2D eigenvalue weighted by atomic mass is 10.3. The Morgan fingerprint density at radius 3 is 1.77 bits per heavy atom. The molecule has 1 unspecified atom stereocenters. The Balaban J connectivity index is 1.82. The van der Waals surface area contributed by atoms with Crippen LogP contribution in [0.3, 0.4) is 0 Å². The van der Waals surface area contributed by atoms with Crippen LogP contribution in [0.1, 0.15) is 20.3 Å². The van der Waals surface area contributed by atoms with Gasteiger partial charge in [0, 0.05) is 52.2 Å². The van der Waals surface area contributed by atoms with E-state index < -0.39 is 6.17 Å². The highest BCUT2D eigenvalue weighted by Gasteiger charge is 2.16. The number of hydrogen-bond donors (Lipinski definition) is 2. The molecule has 208 valence electrons. The van der Waals surface area contributed by atoms with Gasteiger partial charge >= 0.3 is 0 Å². The molecule has 1 aliphatic heterocycles. The summed E-state index contributed by atoms with van der Waals surface area (Å²) in [6, 6.07) is 0. The summed E-state index contributed by atoms with van der Waals surface area (Å²) < 4.78 is 41.1. The van der Waals surface area contributed by atoms with Crippen molar-refractivity contribution in [2.45, 2.75) is 26.4 Å². The zero-order valence-electron chi connectivity index (χ0n) is 21.9. The van der Waals surface area contributed by atoms with Crippen molar-refractivity contribution in [1.82, 2.24) is 20.4 Å². The first kappa shape index (κ1) is 32.1. The lowest BCUT2D eigenvalue weighted by molar-refractivity contribution is -0.121. The van der Waals surface area contributed by atoms with Crippen molar-refractivity contribution in [3.8, 4) is 0 Å². The molecule has 0 aromatic heterocycles. The van der Waals surface area contributed by atoms with Crippen molar-refractivity contribution in [2.75, 3.05) is 125 Å². The average Bonchev–Trinajstić information content (AvgIpc) is 2.88. The first-order valence-electron chi connectivity index (χ1n) is 13.1. The molecule has 1 aliphatic rings. The van der Waals surface area contributed by atoms with Gasteiger partial charge in [-0.2, -0.15) is 0 Å². The third kappa shape index (κ3) is 19.9. The molecule has 1 heterocycles. The van der Waals surface area contributed by atoms with Gasteiger partial charge < -0.3 is 34.3 Å². The molecule has 0 aliphatic carbocycles. The number of nitrogens with zero attached hydrogens (tertiary/aromatic N) is 2. The maximum atomic E-state index is 13.7. The molecule has 0 bridgehead atoms. The quantitative estimate of drug-likeness (QED) is 0.177. The second kappa shape index (κ2) is 23.5. The van der Waals surface area contributed by atoms with Crippen molar-refractivity contribution >= 4 is 5.91 Å². The number of amides is 1. The normalized spacial score (nSPS) is 16.0. The van der Waals surface area contributed by atoms with Gasteiger partial charge in [-0.3, -0.25) is 14.6 Å². The van der Waals surface area contributed by atoms with Crippen LogP contribution in [0.4, 0.5) is 4.39 Å². The summed E-state index contributed by atoms with van der Waals surface area (Å²) in [7, 11) is 0. The van der Waals surface area contributed by atoms with E-state index in [-0.39, 0.29) is 19.1 Å². The maximum Gasteiger partial charge on any atom is 0.219 e. The van der Waals surface area contributed by atoms with E-state index in [0.717, 1.165) is 52.4 Å². The number of carbonyl (C=O) groups excluding carboxylic acids is 1. The molecule has 1 rings (SSSR count). The Hall–Kier alpha value is -0.920. The Labute approximate surface area is 211 Å². The summed E-state index contributed by atoms with van der Waals surface area (Å²) in [6.07, 6.45) is -0.797. The van der Waals surface area contributed by atoms with Gasteiger partial charge in [0.25, 0.3) is 0 Å². The van der Waals surface area contributed by atoms with E-state index in [1.807, 2.05) is 0 Å². The second-order valence-corrected chi connectivity index (χ2v) is 8.32. The van der Waals surface area contributed by atoms with Crippen LogP contribution in [0.5, 0.6) is 0 Å². The molecule has 1 atom stereocenters. The Kier molecular flexibility index (Phi) is 21.5. The molecule has 1 fully saturated rings. The predicted octanol–water partition coefficient (Wildman–Crippen LogP) is 0.161. The molecular weight excluding hydrogens is 459 g/mol. The number of carbonyl (C=O) groups is 1. The van der Waals surface area contributed by atoms with Crippen LogP contribution in [0.2, 0.25) is 0 Å². The van der Waals surface area contributed by atoms with Gasteiger partial charge in [0.1, 0.15) is 6.17 Å². The fourth-order valence-electron chi connectivity index (χ4n) is 3.33. The number of likely N-dealkylation sites (N-methyl/N-ethyl adjacent to an activating group) is 1. The van der Waals surface area contributed by atoms with Crippen LogP contribution in [-0.2, 0) is 28.5 Å². The molecule has 11 heteroatoms. The van der Waals surface area contributed by atoms with E-state index in [9.17, 15) is 9.18 Å². The largest absolute Gasteiger partial charge is 0.378 e. The average molecular weight is 509 g/mol. The minimum Gasteiger partial charge on any atom is -0.378 e. The number of hydrogen-bond acceptors (Lipinski definition) is 9. The molecule has 1 amide bonds. The van der Waals surface area contributed by atoms with Gasteiger partial charge in [-0.05, 0) is 6.54 Å². The van der Waals surface area contributed by atoms with Crippen molar-refractivity contribution in [2.24, 2.45) is 0 Å². The Bertz CT molecular complexity index is 487. The maximum absolute atomic E-state index is 13.7. The lowest BCUT2D eigenvalue weighted by Crippen LogP contribution is -2.48. The summed E-state index contributed by atoms with van der Waals surface area (Å²) in [5.74, 6) is -0.140. The smallest absolute Gasteiger partial charge is 0.219 e. The zero-order chi connectivity index (χ0) is 25.4. The fourth-order valence-corrected chi connectivity index (χ4v) is 3.33.